The number of amides is 2. The summed E-state index contributed by atoms with van der Waals surface area (Å²) in [5.74, 6) is -2.39. The Balaban J connectivity index is 4.04. The first kappa shape index (κ1) is 46.6. The van der Waals surface area contributed by atoms with Crippen LogP contribution >= 0.6 is 0 Å². The molecule has 0 aliphatic carbocycles. The summed E-state index contributed by atoms with van der Waals surface area (Å²) in [6.45, 7) is 3.40. The lowest BCUT2D eigenvalue weighted by Gasteiger charge is -2.15. The number of nitrogens with one attached hydrogen (secondary N) is 2. The molecule has 0 aromatic heterocycles. The van der Waals surface area contributed by atoms with E-state index in [1.807, 2.05) is 6.08 Å². The van der Waals surface area contributed by atoms with Crippen LogP contribution in [0.1, 0.15) is 194 Å². The molecule has 2 unspecified atom stereocenters. The number of ether oxygens (including phenoxy) is 1. The van der Waals surface area contributed by atoms with Crippen molar-refractivity contribution in [1.29, 1.82) is 0 Å². The first-order chi connectivity index (χ1) is 23.8. The molecule has 0 aromatic carbocycles. The van der Waals surface area contributed by atoms with Crippen LogP contribution in [0.3, 0.4) is 0 Å². The minimum absolute atomic E-state index is 0.112. The number of aliphatic carboxylic acids is 1. The van der Waals surface area contributed by atoms with Crippen molar-refractivity contribution in [3.63, 3.8) is 0 Å². The van der Waals surface area contributed by atoms with Crippen LogP contribution < -0.4 is 10.6 Å². The fourth-order valence-corrected chi connectivity index (χ4v) is 5.86. The van der Waals surface area contributed by atoms with E-state index >= 15 is 0 Å². The topological polar surface area (TPSA) is 142 Å². The Hall–Kier alpha value is -2.42. The lowest BCUT2D eigenvalue weighted by Crippen LogP contribution is -2.47. The third-order valence-corrected chi connectivity index (χ3v) is 9.00. The molecule has 0 bridgehead atoms. The average Bonchev–Trinajstić information content (AvgIpc) is 3.08. The molecule has 0 aliphatic heterocycles. The predicted molar refractivity (Wildman–Crippen MR) is 199 cm³/mol. The minimum atomic E-state index is -1.39. The van der Waals surface area contributed by atoms with Gasteiger partial charge in [-0.05, 0) is 44.6 Å². The number of carbonyl (C=O) groups is 4. The summed E-state index contributed by atoms with van der Waals surface area (Å²) in [6.07, 6.45) is 35.6. The van der Waals surface area contributed by atoms with Crippen molar-refractivity contribution in [2.45, 2.75) is 206 Å². The Morgan fingerprint density at radius 3 is 1.59 bits per heavy atom. The van der Waals surface area contributed by atoms with Gasteiger partial charge in [-0.25, -0.2) is 4.79 Å². The Morgan fingerprint density at radius 1 is 0.612 bits per heavy atom. The highest BCUT2D eigenvalue weighted by Gasteiger charge is 2.18. The zero-order valence-corrected chi connectivity index (χ0v) is 31.5. The van der Waals surface area contributed by atoms with Crippen molar-refractivity contribution in [1.82, 2.24) is 10.6 Å². The van der Waals surface area contributed by atoms with Gasteiger partial charge in [-0.2, -0.15) is 0 Å². The van der Waals surface area contributed by atoms with Gasteiger partial charge in [0.05, 0.1) is 13.2 Å². The molecule has 2 atom stereocenters. The van der Waals surface area contributed by atoms with Crippen LogP contribution in [-0.2, 0) is 23.9 Å². The number of aliphatic hydroxyl groups is 1. The lowest BCUT2D eigenvalue weighted by molar-refractivity contribution is -0.147. The molecule has 0 fully saturated rings. The quantitative estimate of drug-likeness (QED) is 0.0291. The number of aliphatic hydroxyl groups excluding tert-OH is 1. The van der Waals surface area contributed by atoms with Gasteiger partial charge in [0.1, 0.15) is 12.1 Å². The van der Waals surface area contributed by atoms with E-state index in [2.05, 4.69) is 30.6 Å². The molecule has 0 aromatic rings. The summed E-state index contributed by atoms with van der Waals surface area (Å²) in [5, 5.41) is 22.5. The molecule has 2 amide bonds. The average molecular weight is 695 g/mol. The van der Waals surface area contributed by atoms with Crippen LogP contribution in [0.4, 0.5) is 0 Å². The van der Waals surface area contributed by atoms with Crippen molar-refractivity contribution in [3.05, 3.63) is 12.2 Å². The number of carboxylic acid groups (broad SMARTS) is 1. The van der Waals surface area contributed by atoms with Crippen molar-refractivity contribution in [2.75, 3.05) is 13.2 Å². The second-order valence-electron chi connectivity index (χ2n) is 13.7. The van der Waals surface area contributed by atoms with Crippen molar-refractivity contribution in [3.8, 4) is 0 Å². The number of carboxylic acids is 1. The van der Waals surface area contributed by atoms with E-state index in [9.17, 15) is 19.2 Å². The third kappa shape index (κ3) is 32.5. The van der Waals surface area contributed by atoms with E-state index in [-0.39, 0.29) is 30.9 Å². The standard InChI is InChI=1S/C40H74N2O7/c1-3-5-7-9-10-11-12-13-14-15-16-17-18-19-20-22-28-32-39(46)49-35(29-25-21-8-6-4-2)30-26-23-24-27-31-37(44)41-33-38(45)42-36(34-43)40(47)48/h25,29,35-36,43H,3-24,26-28,30-34H2,1-2H3,(H,41,44)(H,42,45)(H,47,48)/b29-25-. The molecular weight excluding hydrogens is 620 g/mol. The second-order valence-corrected chi connectivity index (χ2v) is 13.7. The largest absolute Gasteiger partial charge is 0.480 e. The Kier molecular flexibility index (Phi) is 33.7. The highest BCUT2D eigenvalue weighted by atomic mass is 16.5. The second kappa shape index (κ2) is 35.4. The molecule has 0 spiro atoms. The minimum Gasteiger partial charge on any atom is -0.480 e. The van der Waals surface area contributed by atoms with Crippen molar-refractivity contribution >= 4 is 23.8 Å². The van der Waals surface area contributed by atoms with E-state index in [4.69, 9.17) is 14.9 Å². The maximum Gasteiger partial charge on any atom is 0.328 e. The Morgan fingerprint density at radius 2 is 1.08 bits per heavy atom. The summed E-state index contributed by atoms with van der Waals surface area (Å²) in [4.78, 5) is 47.3. The number of carbonyl (C=O) groups excluding carboxylic acids is 3. The van der Waals surface area contributed by atoms with Gasteiger partial charge < -0.3 is 25.6 Å². The number of hydrogen-bond acceptors (Lipinski definition) is 6. The highest BCUT2D eigenvalue weighted by Crippen LogP contribution is 2.16. The van der Waals surface area contributed by atoms with Crippen LogP contribution in [0.25, 0.3) is 0 Å². The molecule has 0 saturated carbocycles. The van der Waals surface area contributed by atoms with Crippen molar-refractivity contribution in [2.24, 2.45) is 0 Å². The van der Waals surface area contributed by atoms with Gasteiger partial charge in [0, 0.05) is 12.8 Å². The number of esters is 1. The van der Waals surface area contributed by atoms with E-state index in [1.165, 1.54) is 109 Å². The van der Waals surface area contributed by atoms with Gasteiger partial charge in [-0.3, -0.25) is 14.4 Å². The normalized spacial score (nSPS) is 12.6. The smallest absolute Gasteiger partial charge is 0.328 e. The summed E-state index contributed by atoms with van der Waals surface area (Å²) in [7, 11) is 0. The van der Waals surface area contributed by atoms with Crippen LogP contribution in [0.5, 0.6) is 0 Å². The highest BCUT2D eigenvalue weighted by molar-refractivity contribution is 5.87. The summed E-state index contributed by atoms with van der Waals surface area (Å²) < 4.78 is 5.86. The molecule has 49 heavy (non-hydrogen) atoms. The van der Waals surface area contributed by atoms with Gasteiger partial charge >= 0.3 is 11.9 Å². The SMILES string of the molecule is CCCCC/C=C\C(CCCCCCC(=O)NCC(=O)NC(CO)C(=O)O)OC(=O)CCCCCCCCCCCCCCCCCCC. The van der Waals surface area contributed by atoms with Crippen molar-refractivity contribution < 1.29 is 34.1 Å². The molecule has 286 valence electrons. The van der Waals surface area contributed by atoms with E-state index in [1.54, 1.807) is 0 Å². The fourth-order valence-electron chi connectivity index (χ4n) is 5.86. The predicted octanol–water partition coefficient (Wildman–Crippen LogP) is 9.09. The van der Waals surface area contributed by atoms with Gasteiger partial charge in [-0.1, -0.05) is 148 Å². The molecule has 0 saturated heterocycles. The molecule has 9 heteroatoms. The van der Waals surface area contributed by atoms with Gasteiger partial charge in [0.15, 0.2) is 0 Å². The Bertz CT molecular complexity index is 848. The zero-order valence-electron chi connectivity index (χ0n) is 31.5. The number of rotatable bonds is 36. The molecule has 4 N–H and O–H groups in total. The lowest BCUT2D eigenvalue weighted by atomic mass is 10.0. The van der Waals surface area contributed by atoms with Gasteiger partial charge in [0.2, 0.25) is 11.8 Å². The molecular formula is C40H74N2O7. The van der Waals surface area contributed by atoms with E-state index in [0.29, 0.717) is 12.8 Å². The first-order valence-corrected chi connectivity index (χ1v) is 20.1. The monoisotopic (exact) mass is 695 g/mol. The molecule has 0 heterocycles. The van der Waals surface area contributed by atoms with E-state index in [0.717, 1.165) is 51.4 Å². The van der Waals surface area contributed by atoms with Crippen LogP contribution in [0, 0.1) is 0 Å². The third-order valence-electron chi connectivity index (χ3n) is 9.00. The fraction of sp³-hybridized carbons (Fsp3) is 0.850. The van der Waals surface area contributed by atoms with E-state index < -0.39 is 24.5 Å². The first-order valence-electron chi connectivity index (χ1n) is 20.1. The number of hydrogen-bond donors (Lipinski definition) is 4. The van der Waals surface area contributed by atoms with Crippen LogP contribution in [0.2, 0.25) is 0 Å². The van der Waals surface area contributed by atoms with Gasteiger partial charge in [-0.15, -0.1) is 0 Å². The zero-order chi connectivity index (χ0) is 36.2. The van der Waals surface area contributed by atoms with Crippen LogP contribution in [-0.4, -0.2) is 59.3 Å². The molecule has 9 nitrogen and oxygen atoms in total. The molecule has 0 radical (unpaired) electrons. The maximum absolute atomic E-state index is 12.6. The number of unbranched alkanes of at least 4 members (excludes halogenated alkanes) is 22. The van der Waals surface area contributed by atoms with Crippen LogP contribution in [0.15, 0.2) is 12.2 Å². The Labute approximate surface area is 299 Å². The summed E-state index contributed by atoms with van der Waals surface area (Å²) in [6, 6.07) is -1.39. The summed E-state index contributed by atoms with van der Waals surface area (Å²) >= 11 is 0. The molecule has 0 aliphatic rings. The summed E-state index contributed by atoms with van der Waals surface area (Å²) in [5.41, 5.74) is 0. The molecule has 0 rings (SSSR count). The van der Waals surface area contributed by atoms with Gasteiger partial charge in [0.25, 0.3) is 0 Å². The number of allylic oxidation sites excluding steroid dienone is 1. The maximum atomic E-state index is 12.6.